The number of hydrogen-bond donors (Lipinski definition) is 1. The van der Waals surface area contributed by atoms with Gasteiger partial charge in [0.2, 0.25) is 11.8 Å². The van der Waals surface area contributed by atoms with Crippen LogP contribution in [0.25, 0.3) is 0 Å². The molecule has 1 aliphatic heterocycles. The molecule has 1 N–H and O–H groups in total. The molecule has 120 valence electrons. The Hall–Kier alpha value is -0.900. The summed E-state index contributed by atoms with van der Waals surface area (Å²) in [6, 6.07) is 0.216. The van der Waals surface area contributed by atoms with Crippen LogP contribution in [0, 0.1) is 23.7 Å². The lowest BCUT2D eigenvalue weighted by Gasteiger charge is -2.28. The number of likely N-dealkylation sites (N-methyl/N-ethyl adjacent to an activating group) is 1. The van der Waals surface area contributed by atoms with E-state index >= 15 is 0 Å². The van der Waals surface area contributed by atoms with E-state index in [1.807, 2.05) is 0 Å². The Morgan fingerprint density at radius 3 is 2.14 bits per heavy atom. The van der Waals surface area contributed by atoms with Gasteiger partial charge >= 0.3 is 0 Å². The first-order valence-electron chi connectivity index (χ1n) is 8.61. The number of imide groups is 1. The first-order chi connectivity index (χ1) is 10.0. The summed E-state index contributed by atoms with van der Waals surface area (Å²) in [6.07, 6.45) is 3.97. The molecule has 4 nitrogen and oxygen atoms in total. The number of nitrogens with zero attached hydrogens (tertiary/aromatic N) is 1. The molecule has 0 radical (unpaired) electrons. The number of hydrogen-bond acceptors (Lipinski definition) is 3. The van der Waals surface area contributed by atoms with Gasteiger partial charge in [-0.15, -0.1) is 0 Å². The molecule has 2 aliphatic rings. The quantitative estimate of drug-likeness (QED) is 0.734. The highest BCUT2D eigenvalue weighted by molar-refractivity contribution is 6.05. The molecule has 2 amide bonds. The third-order valence-corrected chi connectivity index (χ3v) is 5.58. The summed E-state index contributed by atoms with van der Waals surface area (Å²) in [7, 11) is 0. The number of rotatable bonds is 7. The maximum atomic E-state index is 12.6. The SMILES string of the molecule is CCNC(CN1C(=O)C2CC(CC)CC2C1=O)C(C)CC. The lowest BCUT2D eigenvalue weighted by atomic mass is 9.98. The summed E-state index contributed by atoms with van der Waals surface area (Å²) in [6.45, 7) is 9.99. The Kier molecular flexibility index (Phi) is 5.42. The number of fused-ring (bicyclic) bond motifs is 1. The van der Waals surface area contributed by atoms with E-state index in [-0.39, 0.29) is 29.7 Å². The van der Waals surface area contributed by atoms with Crippen LogP contribution in [0.1, 0.15) is 53.4 Å². The number of nitrogens with one attached hydrogen (secondary N) is 1. The van der Waals surface area contributed by atoms with Crippen molar-refractivity contribution < 1.29 is 9.59 Å². The third kappa shape index (κ3) is 3.15. The Bertz CT molecular complexity index is 372. The van der Waals surface area contributed by atoms with Gasteiger partial charge < -0.3 is 5.32 Å². The molecule has 0 bridgehead atoms. The summed E-state index contributed by atoms with van der Waals surface area (Å²) in [4.78, 5) is 26.7. The standard InChI is InChI=1S/C17H30N2O2/c1-5-11(4)15(18-7-3)10-19-16(20)13-8-12(6-2)9-14(13)17(19)21/h11-15,18H,5-10H2,1-4H3. The zero-order chi connectivity index (χ0) is 15.6. The molecule has 1 aliphatic carbocycles. The number of amides is 2. The van der Waals surface area contributed by atoms with Gasteiger partial charge in [-0.1, -0.05) is 40.5 Å². The lowest BCUT2D eigenvalue weighted by Crippen LogP contribution is -2.47. The fourth-order valence-electron chi connectivity index (χ4n) is 3.90. The van der Waals surface area contributed by atoms with Crippen LogP contribution in [0.5, 0.6) is 0 Å². The van der Waals surface area contributed by atoms with E-state index in [9.17, 15) is 9.59 Å². The molecule has 0 aromatic heterocycles. The van der Waals surface area contributed by atoms with Crippen molar-refractivity contribution in [3.63, 3.8) is 0 Å². The van der Waals surface area contributed by atoms with Crippen LogP contribution in [-0.4, -0.2) is 35.8 Å². The Balaban J connectivity index is 2.05. The lowest BCUT2D eigenvalue weighted by molar-refractivity contribution is -0.141. The predicted octanol–water partition coefficient (Wildman–Crippen LogP) is 2.43. The van der Waals surface area contributed by atoms with Gasteiger partial charge in [-0.3, -0.25) is 14.5 Å². The van der Waals surface area contributed by atoms with Crippen molar-refractivity contribution in [2.24, 2.45) is 23.7 Å². The van der Waals surface area contributed by atoms with Gasteiger partial charge in [0.25, 0.3) is 0 Å². The zero-order valence-corrected chi connectivity index (χ0v) is 13.9. The molecule has 0 aromatic rings. The molecule has 2 rings (SSSR count). The fourth-order valence-corrected chi connectivity index (χ4v) is 3.90. The van der Waals surface area contributed by atoms with Crippen molar-refractivity contribution in [3.05, 3.63) is 0 Å². The Morgan fingerprint density at radius 1 is 1.14 bits per heavy atom. The van der Waals surface area contributed by atoms with Crippen LogP contribution >= 0.6 is 0 Å². The van der Waals surface area contributed by atoms with Crippen molar-refractivity contribution in [1.82, 2.24) is 10.2 Å². The first kappa shape index (κ1) is 16.5. The molecule has 0 spiro atoms. The van der Waals surface area contributed by atoms with Crippen molar-refractivity contribution >= 4 is 11.8 Å². The van der Waals surface area contributed by atoms with Crippen molar-refractivity contribution in [1.29, 1.82) is 0 Å². The molecule has 0 aromatic carbocycles. The van der Waals surface area contributed by atoms with Crippen LogP contribution in [0.15, 0.2) is 0 Å². The molecule has 1 heterocycles. The number of carbonyl (C=O) groups is 2. The molecule has 4 unspecified atom stereocenters. The van der Waals surface area contributed by atoms with Crippen LogP contribution in [0.4, 0.5) is 0 Å². The van der Waals surface area contributed by atoms with Gasteiger partial charge in [0.15, 0.2) is 0 Å². The van der Waals surface area contributed by atoms with Crippen molar-refractivity contribution in [3.8, 4) is 0 Å². The Labute approximate surface area is 128 Å². The Morgan fingerprint density at radius 2 is 1.71 bits per heavy atom. The van der Waals surface area contributed by atoms with Crippen LogP contribution < -0.4 is 5.32 Å². The normalized spacial score (nSPS) is 31.6. The van der Waals surface area contributed by atoms with Crippen LogP contribution in [0.3, 0.4) is 0 Å². The van der Waals surface area contributed by atoms with Gasteiger partial charge in [-0.05, 0) is 31.2 Å². The minimum atomic E-state index is -0.0262. The van der Waals surface area contributed by atoms with E-state index in [0.717, 1.165) is 32.2 Å². The molecule has 4 heteroatoms. The molecule has 21 heavy (non-hydrogen) atoms. The average Bonchev–Trinajstić information content (AvgIpc) is 3.01. The highest BCUT2D eigenvalue weighted by Gasteiger charge is 2.52. The third-order valence-electron chi connectivity index (χ3n) is 5.58. The predicted molar refractivity (Wildman–Crippen MR) is 83.6 cm³/mol. The molecule has 4 atom stereocenters. The minimum Gasteiger partial charge on any atom is -0.312 e. The topological polar surface area (TPSA) is 49.4 Å². The largest absolute Gasteiger partial charge is 0.312 e. The van der Waals surface area contributed by atoms with E-state index in [1.165, 1.54) is 0 Å². The number of carbonyl (C=O) groups excluding carboxylic acids is 2. The van der Waals surface area contributed by atoms with E-state index in [4.69, 9.17) is 0 Å². The van der Waals surface area contributed by atoms with Gasteiger partial charge in [-0.25, -0.2) is 0 Å². The minimum absolute atomic E-state index is 0.0262. The molecular formula is C17H30N2O2. The second-order valence-corrected chi connectivity index (χ2v) is 6.80. The second-order valence-electron chi connectivity index (χ2n) is 6.80. The summed E-state index contributed by atoms with van der Waals surface area (Å²) in [5.41, 5.74) is 0. The number of likely N-dealkylation sites (tertiary alicyclic amines) is 1. The molecule has 1 saturated carbocycles. The van der Waals surface area contributed by atoms with Gasteiger partial charge in [0.1, 0.15) is 0 Å². The van der Waals surface area contributed by atoms with Crippen LogP contribution in [-0.2, 0) is 9.59 Å². The highest BCUT2D eigenvalue weighted by atomic mass is 16.2. The smallest absolute Gasteiger partial charge is 0.233 e. The van der Waals surface area contributed by atoms with Gasteiger partial charge in [-0.2, -0.15) is 0 Å². The van der Waals surface area contributed by atoms with Crippen LogP contribution in [0.2, 0.25) is 0 Å². The van der Waals surface area contributed by atoms with E-state index in [0.29, 0.717) is 18.4 Å². The maximum absolute atomic E-state index is 12.6. The molecule has 2 fully saturated rings. The van der Waals surface area contributed by atoms with Crippen molar-refractivity contribution in [2.75, 3.05) is 13.1 Å². The summed E-state index contributed by atoms with van der Waals surface area (Å²) < 4.78 is 0. The fraction of sp³-hybridized carbons (Fsp3) is 0.882. The molecular weight excluding hydrogens is 264 g/mol. The van der Waals surface area contributed by atoms with Gasteiger partial charge in [0.05, 0.1) is 11.8 Å². The molecule has 1 saturated heterocycles. The highest BCUT2D eigenvalue weighted by Crippen LogP contribution is 2.44. The summed E-state index contributed by atoms with van der Waals surface area (Å²) in [5.74, 6) is 1.16. The zero-order valence-electron chi connectivity index (χ0n) is 13.9. The van der Waals surface area contributed by atoms with Crippen molar-refractivity contribution in [2.45, 2.75) is 59.4 Å². The summed E-state index contributed by atoms with van der Waals surface area (Å²) >= 11 is 0. The van der Waals surface area contributed by atoms with E-state index in [2.05, 4.69) is 33.0 Å². The van der Waals surface area contributed by atoms with Gasteiger partial charge in [0, 0.05) is 12.6 Å². The average molecular weight is 294 g/mol. The first-order valence-corrected chi connectivity index (χ1v) is 8.61. The van der Waals surface area contributed by atoms with E-state index in [1.54, 1.807) is 4.90 Å². The summed E-state index contributed by atoms with van der Waals surface area (Å²) in [5, 5.41) is 3.44. The monoisotopic (exact) mass is 294 g/mol. The second kappa shape index (κ2) is 6.91. The van der Waals surface area contributed by atoms with E-state index < -0.39 is 0 Å². The maximum Gasteiger partial charge on any atom is 0.233 e.